The van der Waals surface area contributed by atoms with Gasteiger partial charge in [0.05, 0.1) is 35.5 Å². The summed E-state index contributed by atoms with van der Waals surface area (Å²) in [5.74, 6) is 0.637. The van der Waals surface area contributed by atoms with E-state index in [1.807, 2.05) is 0 Å². The van der Waals surface area contributed by atoms with Gasteiger partial charge in [-0.3, -0.25) is 14.5 Å². The van der Waals surface area contributed by atoms with Gasteiger partial charge in [0.15, 0.2) is 0 Å². The number of unbranched alkanes of at least 4 members (excludes halogenated alkanes) is 2. The number of nitrogens with two attached hydrogens (primary N) is 1. The van der Waals surface area contributed by atoms with Crippen LogP contribution in [0.1, 0.15) is 55.3 Å². The molecule has 3 N–H and O–H groups in total. The lowest BCUT2D eigenvalue weighted by molar-refractivity contribution is -0.158. The number of hydrogen-bond donors (Lipinski definition) is 2. The topological polar surface area (TPSA) is 106 Å². The fraction of sp³-hybridized carbons (Fsp3) is 0.704. The van der Waals surface area contributed by atoms with Gasteiger partial charge in [0.25, 0.3) is 5.91 Å². The van der Waals surface area contributed by atoms with Crippen LogP contribution >= 0.6 is 11.6 Å². The van der Waals surface area contributed by atoms with Crippen molar-refractivity contribution in [2.45, 2.75) is 63.2 Å². The number of anilines is 1. The number of piperidine rings is 4. The van der Waals surface area contributed by atoms with Crippen molar-refractivity contribution in [3.63, 3.8) is 0 Å². The SMILES string of the molecule is COc1cc(N)c(Cl)cc1C(=O)NC1CCN(CCCCCC(=O)O[C@H]2CN3CCC2CC3)CC1OC. The largest absolute Gasteiger partial charge is 0.496 e. The first-order valence-corrected chi connectivity index (χ1v) is 13.9. The summed E-state index contributed by atoms with van der Waals surface area (Å²) in [5.41, 5.74) is 6.56. The number of esters is 1. The monoisotopic (exact) mass is 536 g/mol. The molecule has 3 atom stereocenters. The van der Waals surface area contributed by atoms with Crippen molar-refractivity contribution in [1.29, 1.82) is 0 Å². The Bertz CT molecular complexity index is 940. The van der Waals surface area contributed by atoms with Gasteiger partial charge < -0.3 is 30.2 Å². The zero-order valence-electron chi connectivity index (χ0n) is 22.0. The molecule has 2 bridgehead atoms. The van der Waals surface area contributed by atoms with Crippen LogP contribution in [-0.2, 0) is 14.3 Å². The van der Waals surface area contributed by atoms with E-state index in [-0.39, 0.29) is 30.1 Å². The Morgan fingerprint density at radius 3 is 2.51 bits per heavy atom. The average molecular weight is 537 g/mol. The molecule has 0 saturated carbocycles. The van der Waals surface area contributed by atoms with Crippen molar-refractivity contribution in [2.75, 3.05) is 59.2 Å². The van der Waals surface area contributed by atoms with Crippen molar-refractivity contribution in [1.82, 2.24) is 15.1 Å². The first kappa shape index (κ1) is 28.0. The van der Waals surface area contributed by atoms with Gasteiger partial charge in [0.1, 0.15) is 11.9 Å². The standard InChI is InChI=1S/C27H41ClN4O5/c1-35-23-15-21(29)20(28)14-19(23)27(34)30-22-9-13-31(17-25(22)36-2)10-5-3-4-6-26(33)37-24-16-32-11-7-18(24)8-12-32/h14-15,18,22,24-25H,3-13,16-17,29H2,1-2H3,(H,30,34)/t22?,24-,25?/m0/s1. The van der Waals surface area contributed by atoms with Crippen LogP contribution in [0.3, 0.4) is 0 Å². The summed E-state index contributed by atoms with van der Waals surface area (Å²) >= 11 is 6.13. The third-order valence-electron chi connectivity index (χ3n) is 8.06. The van der Waals surface area contributed by atoms with E-state index in [1.54, 1.807) is 13.2 Å². The number of fused-ring (bicyclic) bond motifs is 3. The number of ether oxygens (including phenoxy) is 3. The number of methoxy groups -OCH3 is 2. The number of halogens is 1. The lowest BCUT2D eigenvalue weighted by Crippen LogP contribution is -2.54. The number of carbonyl (C=O) groups is 2. The maximum absolute atomic E-state index is 13.0. The smallest absolute Gasteiger partial charge is 0.306 e. The predicted octanol–water partition coefficient (Wildman–Crippen LogP) is 2.95. The minimum Gasteiger partial charge on any atom is -0.496 e. The van der Waals surface area contributed by atoms with Gasteiger partial charge in [0, 0.05) is 39.2 Å². The van der Waals surface area contributed by atoms with Gasteiger partial charge in [-0.25, -0.2) is 0 Å². The van der Waals surface area contributed by atoms with Crippen LogP contribution in [0.2, 0.25) is 5.02 Å². The molecule has 0 spiro atoms. The van der Waals surface area contributed by atoms with E-state index < -0.39 is 0 Å². The molecule has 4 saturated heterocycles. The number of nitrogens with one attached hydrogen (secondary N) is 1. The Balaban J connectivity index is 1.15. The van der Waals surface area contributed by atoms with Crippen molar-refractivity contribution in [2.24, 2.45) is 5.92 Å². The number of likely N-dealkylation sites (tertiary alicyclic amines) is 1. The molecule has 0 radical (unpaired) electrons. The molecule has 206 valence electrons. The third kappa shape index (κ3) is 7.28. The minimum atomic E-state index is -0.260. The van der Waals surface area contributed by atoms with Gasteiger partial charge in [-0.15, -0.1) is 0 Å². The van der Waals surface area contributed by atoms with Crippen LogP contribution < -0.4 is 15.8 Å². The van der Waals surface area contributed by atoms with E-state index in [1.165, 1.54) is 13.2 Å². The molecule has 37 heavy (non-hydrogen) atoms. The molecule has 5 rings (SSSR count). The van der Waals surface area contributed by atoms with Crippen LogP contribution in [0.5, 0.6) is 5.75 Å². The van der Waals surface area contributed by atoms with Crippen molar-refractivity contribution in [3.8, 4) is 5.75 Å². The maximum Gasteiger partial charge on any atom is 0.306 e. The van der Waals surface area contributed by atoms with Crippen molar-refractivity contribution < 1.29 is 23.8 Å². The molecular weight excluding hydrogens is 496 g/mol. The molecule has 2 unspecified atom stereocenters. The fourth-order valence-electron chi connectivity index (χ4n) is 5.80. The van der Waals surface area contributed by atoms with Gasteiger partial charge in [-0.1, -0.05) is 18.0 Å². The maximum atomic E-state index is 13.0. The highest BCUT2D eigenvalue weighted by atomic mass is 35.5. The van der Waals surface area contributed by atoms with Gasteiger partial charge in [-0.05, 0) is 63.7 Å². The molecule has 1 amide bonds. The lowest BCUT2D eigenvalue weighted by Gasteiger charge is -2.43. The number of nitrogen functional groups attached to an aromatic ring is 1. The molecule has 4 aliphatic rings. The van der Waals surface area contributed by atoms with Crippen LogP contribution in [0, 0.1) is 5.92 Å². The molecule has 1 aromatic rings. The molecule has 0 aromatic heterocycles. The third-order valence-corrected chi connectivity index (χ3v) is 8.39. The second-order valence-electron chi connectivity index (χ2n) is 10.5. The summed E-state index contributed by atoms with van der Waals surface area (Å²) in [6.07, 6.45) is 6.42. The second kappa shape index (κ2) is 13.1. The van der Waals surface area contributed by atoms with E-state index in [0.29, 0.717) is 34.4 Å². The number of benzene rings is 1. The summed E-state index contributed by atoms with van der Waals surface area (Å²) in [5, 5.41) is 3.40. The Kier molecular flexibility index (Phi) is 9.92. The highest BCUT2D eigenvalue weighted by molar-refractivity contribution is 6.33. The number of hydrogen-bond acceptors (Lipinski definition) is 8. The number of nitrogens with zero attached hydrogens (tertiary/aromatic N) is 2. The van der Waals surface area contributed by atoms with E-state index in [9.17, 15) is 9.59 Å². The molecule has 4 aliphatic heterocycles. The van der Waals surface area contributed by atoms with Gasteiger partial charge >= 0.3 is 5.97 Å². The second-order valence-corrected chi connectivity index (χ2v) is 10.9. The van der Waals surface area contributed by atoms with Crippen molar-refractivity contribution >= 4 is 29.2 Å². The molecule has 10 heteroatoms. The number of amides is 1. The first-order valence-electron chi connectivity index (χ1n) is 13.5. The molecule has 4 heterocycles. The summed E-state index contributed by atoms with van der Waals surface area (Å²) < 4.78 is 16.8. The average Bonchev–Trinajstić information content (AvgIpc) is 2.91. The van der Waals surface area contributed by atoms with Crippen LogP contribution in [0.15, 0.2) is 12.1 Å². The first-order chi connectivity index (χ1) is 17.9. The van der Waals surface area contributed by atoms with Crippen LogP contribution in [0.25, 0.3) is 0 Å². The normalized spacial score (nSPS) is 27.6. The van der Waals surface area contributed by atoms with E-state index >= 15 is 0 Å². The van der Waals surface area contributed by atoms with Gasteiger partial charge in [-0.2, -0.15) is 0 Å². The van der Waals surface area contributed by atoms with Crippen molar-refractivity contribution in [3.05, 3.63) is 22.7 Å². The Hall–Kier alpha value is -2.07. The molecule has 1 aromatic carbocycles. The summed E-state index contributed by atoms with van der Waals surface area (Å²) in [6, 6.07) is 2.98. The predicted molar refractivity (Wildman–Crippen MR) is 143 cm³/mol. The molecule has 4 fully saturated rings. The van der Waals surface area contributed by atoms with E-state index in [2.05, 4.69) is 15.1 Å². The Morgan fingerprint density at radius 1 is 1.05 bits per heavy atom. The Labute approximate surface area is 224 Å². The van der Waals surface area contributed by atoms with Crippen LogP contribution in [-0.4, -0.2) is 93.4 Å². The summed E-state index contributed by atoms with van der Waals surface area (Å²) in [7, 11) is 3.17. The summed E-state index contributed by atoms with van der Waals surface area (Å²) in [6.45, 7) is 5.76. The highest BCUT2D eigenvalue weighted by Crippen LogP contribution is 2.30. The lowest BCUT2D eigenvalue weighted by atomic mass is 9.86. The van der Waals surface area contributed by atoms with E-state index in [4.69, 9.17) is 31.5 Å². The highest BCUT2D eigenvalue weighted by Gasteiger charge is 2.36. The zero-order chi connectivity index (χ0) is 26.4. The fourth-order valence-corrected chi connectivity index (χ4v) is 5.97. The van der Waals surface area contributed by atoms with Crippen LogP contribution in [0.4, 0.5) is 5.69 Å². The van der Waals surface area contributed by atoms with Gasteiger partial charge in [0.2, 0.25) is 0 Å². The summed E-state index contributed by atoms with van der Waals surface area (Å²) in [4.78, 5) is 30.0. The zero-order valence-corrected chi connectivity index (χ0v) is 22.8. The number of carbonyl (C=O) groups excluding carboxylic acids is 2. The Morgan fingerprint density at radius 2 is 1.84 bits per heavy atom. The van der Waals surface area contributed by atoms with E-state index in [0.717, 1.165) is 77.8 Å². The number of rotatable bonds is 11. The molecule has 9 nitrogen and oxygen atoms in total. The molecular formula is C27H41ClN4O5. The quantitative estimate of drug-likeness (QED) is 0.252. The minimum absolute atomic E-state index is 0.0474. The molecule has 0 aliphatic carbocycles.